The Morgan fingerprint density at radius 2 is 1.21 bits per heavy atom. The Morgan fingerprint density at radius 3 is 1.71 bits per heavy atom. The van der Waals surface area contributed by atoms with Crippen LogP contribution >= 0.6 is 33.1 Å². The number of esters is 3. The van der Waals surface area contributed by atoms with Crippen LogP contribution in [-0.2, 0) is 49.1 Å². The van der Waals surface area contributed by atoms with E-state index in [2.05, 4.69) is 103 Å². The van der Waals surface area contributed by atoms with E-state index < -0.39 is 78.9 Å². The van der Waals surface area contributed by atoms with E-state index in [9.17, 15) is 59.6 Å². The van der Waals surface area contributed by atoms with Crippen LogP contribution in [0.1, 0.15) is 182 Å². The molecule has 526 valence electrons. The summed E-state index contributed by atoms with van der Waals surface area (Å²) in [6, 6.07) is 46.5. The van der Waals surface area contributed by atoms with Crippen molar-refractivity contribution in [1.82, 2.24) is 5.32 Å². The van der Waals surface area contributed by atoms with Gasteiger partial charge in [0.05, 0.1) is 37.7 Å². The highest BCUT2D eigenvalue weighted by molar-refractivity contribution is 14.1. The van der Waals surface area contributed by atoms with Gasteiger partial charge in [0.15, 0.2) is 14.3 Å². The number of phenolic OH excluding ortho intramolecular Hbond substituents is 2. The summed E-state index contributed by atoms with van der Waals surface area (Å²) in [5.74, 6) is -4.11. The monoisotopic (exact) mass is 1490 g/mol. The minimum atomic E-state index is -5.27. The fourth-order valence-corrected chi connectivity index (χ4v) is 15.5. The number of rotatable bonds is 17. The van der Waals surface area contributed by atoms with Gasteiger partial charge in [-0.3, -0.25) is 29.3 Å². The summed E-state index contributed by atoms with van der Waals surface area (Å²) in [6.07, 6.45) is -2.68. The van der Waals surface area contributed by atoms with Gasteiger partial charge >= 0.3 is 24.1 Å². The Balaban J connectivity index is 0.000000199. The van der Waals surface area contributed by atoms with Crippen LogP contribution in [0.4, 0.5) is 17.6 Å². The number of halogens is 5. The molecule has 4 bridgehead atoms. The summed E-state index contributed by atoms with van der Waals surface area (Å²) >= 11 is 2.04. The molecule has 1 heterocycles. The second-order valence-corrected chi connectivity index (χ2v) is 32.7. The molecule has 11 rings (SSSR count). The number of carbonyl (C=O) groups excluding carboxylic acids is 5. The number of ether oxygens (including phenoxy) is 3. The van der Waals surface area contributed by atoms with Crippen LogP contribution in [0.3, 0.4) is 0 Å². The summed E-state index contributed by atoms with van der Waals surface area (Å²) in [6.45, 7) is 24.4. The molecule has 97 heavy (non-hydrogen) atoms. The van der Waals surface area contributed by atoms with Crippen molar-refractivity contribution in [2.24, 2.45) is 33.5 Å². The predicted molar refractivity (Wildman–Crippen MR) is 380 cm³/mol. The molecule has 21 heteroatoms. The highest BCUT2D eigenvalue weighted by Crippen LogP contribution is 2.64. The number of nitrogens with one attached hydrogen (secondary N) is 1. The van der Waals surface area contributed by atoms with Crippen molar-refractivity contribution in [1.29, 1.82) is 0 Å². The predicted octanol–water partition coefficient (Wildman–Crippen LogP) is 18.7. The van der Waals surface area contributed by atoms with Crippen molar-refractivity contribution in [3.05, 3.63) is 172 Å². The number of fused-ring (bicyclic) bond motifs is 3. The zero-order valence-electron chi connectivity index (χ0n) is 57.5. The van der Waals surface area contributed by atoms with Gasteiger partial charge in [0, 0.05) is 36.6 Å². The van der Waals surface area contributed by atoms with E-state index in [4.69, 9.17) is 14.6 Å². The van der Waals surface area contributed by atoms with Crippen molar-refractivity contribution >= 4 is 93.1 Å². The summed E-state index contributed by atoms with van der Waals surface area (Å²) < 4.78 is 105. The highest BCUT2D eigenvalue weighted by atomic mass is 127. The summed E-state index contributed by atoms with van der Waals surface area (Å²) in [5, 5.41) is 23.9. The van der Waals surface area contributed by atoms with Crippen LogP contribution in [0.2, 0.25) is 0 Å². The first-order valence-corrected chi connectivity index (χ1v) is 36.6. The number of alkyl halides is 3. The summed E-state index contributed by atoms with van der Waals surface area (Å²) in [5.41, 5.74) is -2.71. The van der Waals surface area contributed by atoms with Gasteiger partial charge in [0.2, 0.25) is 12.0 Å². The second-order valence-electron chi connectivity index (χ2n) is 28.1. The van der Waals surface area contributed by atoms with E-state index in [0.29, 0.717) is 56.6 Å². The van der Waals surface area contributed by atoms with Crippen molar-refractivity contribution < 1.29 is 78.9 Å². The first-order valence-electron chi connectivity index (χ1n) is 32.7. The van der Waals surface area contributed by atoms with E-state index >= 15 is 0 Å². The Labute approximate surface area is 584 Å². The summed E-state index contributed by atoms with van der Waals surface area (Å²) in [7, 11) is -5.21. The number of imide groups is 1. The first-order chi connectivity index (χ1) is 45.1. The fourth-order valence-electron chi connectivity index (χ4n) is 12.0. The third kappa shape index (κ3) is 20.8. The maximum atomic E-state index is 13.3. The maximum Gasteiger partial charge on any atom is 0.426 e. The molecule has 0 spiro atoms. The number of amides is 2. The third-order valence-electron chi connectivity index (χ3n) is 18.9. The maximum absolute atomic E-state index is 13.3. The molecule has 4 aliphatic carbocycles. The molecular formula is C76H92F4INO13S2. The van der Waals surface area contributed by atoms with Crippen molar-refractivity contribution in [2.75, 3.05) is 5.75 Å². The van der Waals surface area contributed by atoms with Crippen LogP contribution in [0.25, 0.3) is 25.1 Å². The van der Waals surface area contributed by atoms with Gasteiger partial charge < -0.3 is 29.0 Å². The molecule has 7 aromatic rings. The van der Waals surface area contributed by atoms with Crippen LogP contribution in [0.15, 0.2) is 146 Å². The second kappa shape index (κ2) is 32.4. The van der Waals surface area contributed by atoms with Crippen molar-refractivity contribution in [3.63, 3.8) is 0 Å². The van der Waals surface area contributed by atoms with Crippen LogP contribution in [0, 0.1) is 42.9 Å². The lowest BCUT2D eigenvalue weighted by Crippen LogP contribution is -2.61. The van der Waals surface area contributed by atoms with Crippen LogP contribution in [0.5, 0.6) is 11.5 Å². The number of thiophene rings is 1. The minimum absolute atomic E-state index is 0.00100. The molecule has 4 saturated carbocycles. The van der Waals surface area contributed by atoms with E-state index in [1.165, 1.54) is 54.9 Å². The average molecular weight is 1490 g/mol. The number of hydrogen-bond donors (Lipinski definition) is 3. The molecule has 4 aliphatic rings. The lowest BCUT2D eigenvalue weighted by atomic mass is 9.48. The lowest BCUT2D eigenvalue weighted by molar-refractivity contribution is -0.239. The third-order valence-corrected chi connectivity index (χ3v) is 22.7. The van der Waals surface area contributed by atoms with Gasteiger partial charge in [-0.1, -0.05) is 115 Å². The zero-order chi connectivity index (χ0) is 72.3. The molecule has 14 nitrogen and oxygen atoms in total. The molecule has 1 aromatic heterocycles. The smallest absolute Gasteiger partial charge is 0.426 e. The Bertz CT molecular complexity index is 3930. The number of hydrogen-bond acceptors (Lipinski definition) is 13. The van der Waals surface area contributed by atoms with E-state index in [-0.39, 0.29) is 57.7 Å². The molecule has 2 amide bonds. The molecule has 4 fully saturated rings. The fraction of sp³-hybridized carbons (Fsp3) is 0.461. The van der Waals surface area contributed by atoms with E-state index in [1.54, 1.807) is 52.0 Å². The van der Waals surface area contributed by atoms with Gasteiger partial charge in [-0.25, -0.2) is 12.8 Å². The first kappa shape index (κ1) is 79.0. The Hall–Kier alpha value is -6.95. The van der Waals surface area contributed by atoms with E-state index in [0.717, 1.165) is 22.0 Å². The van der Waals surface area contributed by atoms with Crippen molar-refractivity contribution in [3.8, 4) is 16.4 Å². The van der Waals surface area contributed by atoms with Gasteiger partial charge in [-0.2, -0.15) is 13.2 Å². The highest BCUT2D eigenvalue weighted by Gasteiger charge is 2.64. The Morgan fingerprint density at radius 1 is 0.680 bits per heavy atom. The topological polar surface area (TPSA) is 223 Å². The number of benzene rings is 6. The molecule has 0 radical (unpaired) electrons. The number of aromatic hydroxyl groups is 2. The lowest BCUT2D eigenvalue weighted by Gasteiger charge is -2.60. The minimum Gasteiger partial charge on any atom is -0.748 e. The molecule has 0 aliphatic heterocycles. The molecule has 3 N–H and O–H groups in total. The Kier molecular flexibility index (Phi) is 26.4. The van der Waals surface area contributed by atoms with Gasteiger partial charge in [0.1, 0.15) is 28.5 Å². The van der Waals surface area contributed by atoms with Crippen LogP contribution < -0.4 is 5.32 Å². The van der Waals surface area contributed by atoms with Gasteiger partial charge in [0.25, 0.3) is 5.91 Å². The summed E-state index contributed by atoms with van der Waals surface area (Å²) in [4.78, 5) is 62.9. The van der Waals surface area contributed by atoms with Gasteiger partial charge in [-0.05, 0) is 230 Å². The van der Waals surface area contributed by atoms with Gasteiger partial charge in [-0.15, -0.1) is 0 Å². The van der Waals surface area contributed by atoms with Crippen molar-refractivity contribution in [2.45, 2.75) is 184 Å². The molecule has 6 aromatic carbocycles. The SMILES string of the molecule is CCC(C)(C)C(=O)NC(=O)c1cc(I)ccc1O.CCC(C)(C)C(=O)OC(C)(C)c1ccc(F)cc1.CCC(C)(C)C(=O)OC12CC3CC(C1)CC(C(=O)OC(CS(=O)(=O)[O-])C(F)(F)F)(C3)C2.CCC(C)c1cccc(O)c1.c1ccc(-[s+]2c3ccccc3c3ccccc32)cc1. The van der Waals surface area contributed by atoms with E-state index in [1.807, 2.05) is 89.3 Å². The molecule has 4 atom stereocenters. The molecule has 4 unspecified atom stereocenters. The average Bonchev–Trinajstić information content (AvgIpc) is 1.32. The number of carbonyl (C=O) groups is 5. The number of phenols is 2. The largest absolute Gasteiger partial charge is 0.748 e. The van der Waals surface area contributed by atoms with Crippen LogP contribution in [-0.4, -0.2) is 76.5 Å². The quantitative estimate of drug-likeness (QED) is 0.0193. The molecular weight excluding hydrogens is 1400 g/mol. The standard InChI is InChI=1S/C20H29F3O7S.C18H13S.C15H21FO2.C13H16INO3.C10H14O/c1-4-17(2,3)15(24)30-19-8-12-5-13(9-19)7-18(6-12,11-19)16(25)29-14(20(21,22)23)10-31(26,27)28;1-2-8-14(9-3-1)19-17-12-6-4-10-15(17)16-11-5-7-13-18(16)19;1-6-14(2,3)13(17)18-15(4,5)11-7-9-12(16)10-8-11;1-4-13(2,3)12(18)15-11(17)9-7-8(14)5-6-10(9)16;1-3-8(2)9-5-4-6-10(11)7-9/h12-14H,4-11H2,1-3H3,(H,26,27,28);1-13H;7-10H,6H2,1-5H3;5-7,16H,4H2,1-3H3,(H,15,17,18);4-8,11H,3H2,1-2H3/q;+1;;;/p-1. The zero-order valence-corrected chi connectivity index (χ0v) is 61.3. The molecule has 0 saturated heterocycles. The normalized spacial score (nSPS) is 18.8.